The lowest BCUT2D eigenvalue weighted by Gasteiger charge is -2.11. The first-order chi connectivity index (χ1) is 14.9. The van der Waals surface area contributed by atoms with Crippen LogP contribution in [0.2, 0.25) is 0 Å². The van der Waals surface area contributed by atoms with E-state index in [-0.39, 0.29) is 23.8 Å². The number of nitrogens with one attached hydrogen (secondary N) is 4. The molecule has 1 aromatic carbocycles. The number of aromatic nitrogens is 1. The first-order valence-corrected chi connectivity index (χ1v) is 10.5. The Bertz CT molecular complexity index is 1230. The molecule has 1 aliphatic heterocycles. The molecule has 0 spiro atoms. The number of anilines is 3. The molecule has 4 N–H and O–H groups in total. The van der Waals surface area contributed by atoms with Crippen molar-refractivity contribution >= 4 is 56.2 Å². The number of nitrogens with zero attached hydrogens (tertiary/aromatic N) is 1. The molecule has 0 fully saturated rings. The zero-order valence-electron chi connectivity index (χ0n) is 17.0. The van der Waals surface area contributed by atoms with Crippen LogP contribution in [0.15, 0.2) is 43.1 Å². The molecule has 2 aromatic heterocycles. The highest BCUT2D eigenvalue weighted by atomic mass is 32.1. The van der Waals surface area contributed by atoms with Crippen LogP contribution in [-0.2, 0) is 4.79 Å². The molecule has 9 heteroatoms. The van der Waals surface area contributed by atoms with Gasteiger partial charge < -0.3 is 21.3 Å². The van der Waals surface area contributed by atoms with Crippen LogP contribution in [0.25, 0.3) is 10.1 Å². The van der Waals surface area contributed by atoms with E-state index in [0.717, 1.165) is 15.8 Å². The minimum atomic E-state index is -0.358. The summed E-state index contributed by atoms with van der Waals surface area (Å²) in [6, 6.07) is 6.99. The number of rotatable bonds is 4. The van der Waals surface area contributed by atoms with Crippen molar-refractivity contribution in [2.24, 2.45) is 0 Å². The number of hydrogen-bond donors (Lipinski definition) is 4. The normalized spacial score (nSPS) is 15.3. The van der Waals surface area contributed by atoms with Crippen LogP contribution in [0.5, 0.6) is 0 Å². The van der Waals surface area contributed by atoms with E-state index in [1.807, 2.05) is 13.0 Å². The molecule has 158 valence electrons. The van der Waals surface area contributed by atoms with E-state index in [9.17, 15) is 14.4 Å². The maximum Gasteiger partial charge on any atom is 0.263 e. The molecule has 3 amide bonds. The van der Waals surface area contributed by atoms with E-state index in [0.29, 0.717) is 34.1 Å². The van der Waals surface area contributed by atoms with E-state index < -0.39 is 0 Å². The third-order valence-corrected chi connectivity index (χ3v) is 6.08. The molecule has 3 aromatic rings. The van der Waals surface area contributed by atoms with E-state index in [1.165, 1.54) is 23.6 Å². The lowest BCUT2D eigenvalue weighted by Crippen LogP contribution is -2.34. The minimum Gasteiger partial charge on any atom is -0.381 e. The summed E-state index contributed by atoms with van der Waals surface area (Å²) in [5.41, 5.74) is 2.76. The third kappa shape index (κ3) is 4.13. The molecule has 0 unspecified atom stereocenters. The molecule has 4 rings (SSSR count). The molecule has 0 bridgehead atoms. The maximum atomic E-state index is 12.9. The second-order valence-electron chi connectivity index (χ2n) is 7.28. The van der Waals surface area contributed by atoms with E-state index in [2.05, 4.69) is 32.8 Å². The summed E-state index contributed by atoms with van der Waals surface area (Å²) in [6.07, 6.45) is 2.69. The van der Waals surface area contributed by atoms with Gasteiger partial charge in [-0.25, -0.2) is 0 Å². The molecule has 31 heavy (non-hydrogen) atoms. The Morgan fingerprint density at radius 2 is 2.10 bits per heavy atom. The highest BCUT2D eigenvalue weighted by molar-refractivity contribution is 7.21. The Morgan fingerprint density at radius 1 is 1.29 bits per heavy atom. The van der Waals surface area contributed by atoms with Gasteiger partial charge in [-0.3, -0.25) is 19.4 Å². The monoisotopic (exact) mass is 435 g/mol. The van der Waals surface area contributed by atoms with E-state index in [4.69, 9.17) is 0 Å². The predicted octanol–water partition coefficient (Wildman–Crippen LogP) is 3.53. The van der Waals surface area contributed by atoms with Crippen molar-refractivity contribution in [3.05, 3.63) is 59.3 Å². The number of aryl methyl sites for hydroxylation is 1. The highest BCUT2D eigenvalue weighted by Gasteiger charge is 2.24. The van der Waals surface area contributed by atoms with Gasteiger partial charge in [0, 0.05) is 28.2 Å². The quantitative estimate of drug-likeness (QED) is 0.469. The Hall–Kier alpha value is -3.72. The van der Waals surface area contributed by atoms with Gasteiger partial charge in [0.2, 0.25) is 5.91 Å². The van der Waals surface area contributed by atoms with Gasteiger partial charge in [-0.15, -0.1) is 11.3 Å². The van der Waals surface area contributed by atoms with Crippen LogP contribution in [-0.4, -0.2) is 35.3 Å². The fraction of sp³-hybridized carbons (Fsp3) is 0.182. The molecule has 1 aliphatic rings. The molecular weight excluding hydrogens is 414 g/mol. The number of fused-ring (bicyclic) bond motifs is 3. The molecular formula is C22H21N5O3S. The number of hydrogen-bond acceptors (Lipinski definition) is 6. The van der Waals surface area contributed by atoms with Crippen molar-refractivity contribution < 1.29 is 14.4 Å². The van der Waals surface area contributed by atoms with Gasteiger partial charge in [0.1, 0.15) is 4.88 Å². The Labute approximate surface area is 182 Å². The number of benzene rings is 1. The van der Waals surface area contributed by atoms with Gasteiger partial charge in [-0.2, -0.15) is 0 Å². The highest BCUT2D eigenvalue weighted by Crippen LogP contribution is 2.37. The number of amides is 3. The number of carbonyl (C=O) groups excluding carboxylic acids is 3. The molecule has 3 heterocycles. The zero-order chi connectivity index (χ0) is 22.1. The Morgan fingerprint density at radius 3 is 2.87 bits per heavy atom. The molecule has 0 saturated heterocycles. The second kappa shape index (κ2) is 8.19. The van der Waals surface area contributed by atoms with Crippen LogP contribution in [0.4, 0.5) is 17.1 Å². The smallest absolute Gasteiger partial charge is 0.263 e. The summed E-state index contributed by atoms with van der Waals surface area (Å²) in [5, 5.41) is 12.6. The zero-order valence-corrected chi connectivity index (χ0v) is 17.9. The molecule has 1 atom stereocenters. The summed E-state index contributed by atoms with van der Waals surface area (Å²) < 4.78 is 0.921. The first kappa shape index (κ1) is 20.5. The largest absolute Gasteiger partial charge is 0.381 e. The third-order valence-electron chi connectivity index (χ3n) is 4.91. The van der Waals surface area contributed by atoms with Crippen molar-refractivity contribution in [1.29, 1.82) is 0 Å². The van der Waals surface area contributed by atoms with Gasteiger partial charge in [0.15, 0.2) is 0 Å². The van der Waals surface area contributed by atoms with Gasteiger partial charge in [0.05, 0.1) is 29.0 Å². The number of pyridine rings is 1. The van der Waals surface area contributed by atoms with Crippen LogP contribution in [0, 0.1) is 6.92 Å². The summed E-state index contributed by atoms with van der Waals surface area (Å²) >= 11 is 1.39. The fourth-order valence-corrected chi connectivity index (χ4v) is 4.35. The number of carbonyl (C=O) groups is 3. The maximum absolute atomic E-state index is 12.9. The molecule has 0 radical (unpaired) electrons. The number of thiophene rings is 1. The van der Waals surface area contributed by atoms with Gasteiger partial charge in [-0.1, -0.05) is 6.58 Å². The molecule has 8 nitrogen and oxygen atoms in total. The molecule has 0 saturated carbocycles. The van der Waals surface area contributed by atoms with Crippen LogP contribution < -0.4 is 21.3 Å². The fourth-order valence-electron chi connectivity index (χ4n) is 3.28. The van der Waals surface area contributed by atoms with Crippen molar-refractivity contribution in [3.63, 3.8) is 0 Å². The lowest BCUT2D eigenvalue weighted by molar-refractivity contribution is -0.111. The SMILES string of the molecule is C=CC(=O)Nc1cc(NC(=O)c2ccc3sc4c(c3c2)NC[C@@H](C)NC4=O)cnc1C. The van der Waals surface area contributed by atoms with Crippen LogP contribution >= 0.6 is 11.3 Å². The van der Waals surface area contributed by atoms with Crippen molar-refractivity contribution in [2.45, 2.75) is 19.9 Å². The average molecular weight is 436 g/mol. The van der Waals surface area contributed by atoms with Gasteiger partial charge >= 0.3 is 0 Å². The van der Waals surface area contributed by atoms with Crippen LogP contribution in [0.1, 0.15) is 32.6 Å². The standard InChI is InChI=1S/C22H21N5O3S/c1-4-18(28)27-16-8-14(10-23-12(16)3)26-21(29)13-5-6-17-15(7-13)19-20(31-17)22(30)25-11(2)9-24-19/h4-8,10-11,24H,1,9H2,2-3H3,(H,25,30)(H,26,29)(H,27,28)/t11-/m1/s1. The van der Waals surface area contributed by atoms with E-state index in [1.54, 1.807) is 25.1 Å². The lowest BCUT2D eigenvalue weighted by atomic mass is 10.1. The predicted molar refractivity (Wildman–Crippen MR) is 123 cm³/mol. The Kier molecular flexibility index (Phi) is 5.43. The van der Waals surface area contributed by atoms with Crippen molar-refractivity contribution in [1.82, 2.24) is 10.3 Å². The van der Waals surface area contributed by atoms with E-state index >= 15 is 0 Å². The second-order valence-corrected chi connectivity index (χ2v) is 8.33. The summed E-state index contributed by atoms with van der Waals surface area (Å²) in [5.74, 6) is -0.790. The first-order valence-electron chi connectivity index (χ1n) is 9.68. The summed E-state index contributed by atoms with van der Waals surface area (Å²) in [7, 11) is 0. The Balaban J connectivity index is 1.62. The summed E-state index contributed by atoms with van der Waals surface area (Å²) in [4.78, 5) is 41.7. The summed E-state index contributed by atoms with van der Waals surface area (Å²) in [6.45, 7) is 7.73. The van der Waals surface area contributed by atoms with Gasteiger partial charge in [-0.05, 0) is 44.2 Å². The van der Waals surface area contributed by atoms with Crippen molar-refractivity contribution in [2.75, 3.05) is 22.5 Å². The molecule has 0 aliphatic carbocycles. The average Bonchev–Trinajstić information content (AvgIpc) is 3.05. The van der Waals surface area contributed by atoms with Gasteiger partial charge in [0.25, 0.3) is 11.8 Å². The van der Waals surface area contributed by atoms with Crippen LogP contribution in [0.3, 0.4) is 0 Å². The topological polar surface area (TPSA) is 112 Å². The minimum absolute atomic E-state index is 0.0124. The van der Waals surface area contributed by atoms with Crippen molar-refractivity contribution in [3.8, 4) is 0 Å².